The summed E-state index contributed by atoms with van der Waals surface area (Å²) in [5.41, 5.74) is 0. The second-order valence-corrected chi connectivity index (χ2v) is 14.6. The summed E-state index contributed by atoms with van der Waals surface area (Å²) in [6, 6.07) is 0. The topological polar surface area (TPSA) is 0 Å². The molecule has 0 bridgehead atoms. The van der Waals surface area contributed by atoms with Crippen molar-refractivity contribution in [2.75, 3.05) is 12.0 Å². The van der Waals surface area contributed by atoms with Crippen molar-refractivity contribution >= 4 is 11.8 Å². The molecule has 254 valence electrons. The fourth-order valence-corrected chi connectivity index (χ4v) is 5.58. The predicted octanol–water partition coefficient (Wildman–Crippen LogP) is 15.7. The molecule has 0 aromatic carbocycles. The summed E-state index contributed by atoms with van der Waals surface area (Å²) < 4.78 is 0. The molecule has 1 heteroatoms. The molecular formula is C40H88S. The first kappa shape index (κ1) is 48.3. The van der Waals surface area contributed by atoms with Crippen LogP contribution in [-0.4, -0.2) is 12.0 Å². The average Bonchev–Trinajstić information content (AvgIpc) is 3.29. The minimum absolute atomic E-state index is 0.852. The molecule has 1 saturated carbocycles. The van der Waals surface area contributed by atoms with Crippen molar-refractivity contribution in [3.63, 3.8) is 0 Å². The lowest BCUT2D eigenvalue weighted by Gasteiger charge is -2.17. The van der Waals surface area contributed by atoms with Gasteiger partial charge in [0.2, 0.25) is 0 Å². The Hall–Kier alpha value is 0.350. The zero-order valence-corrected chi connectivity index (χ0v) is 32.8. The highest BCUT2D eigenvalue weighted by atomic mass is 32.2. The van der Waals surface area contributed by atoms with E-state index in [1.807, 2.05) is 25.6 Å². The Morgan fingerprint density at radius 2 is 0.976 bits per heavy atom. The standard InChI is InChI=1S/C13H26.C12H26S.C7H16.C6H14.C2H6/c1-4-5-6-7-8-13-10-9-11(2)12(13)3;1-4-5-6-7-8-9-12(2)10-11-13-3;1-3-5-7-6-4-2;1-5(2)6(3)4;1-2/h11-13H,4-10H2,1-3H3;12H,4-11H2,1-3H3;3-7H2,1-2H3;5-6H,1-4H3;1-2H3. The monoisotopic (exact) mass is 601 g/mol. The van der Waals surface area contributed by atoms with Crippen LogP contribution in [-0.2, 0) is 0 Å². The third kappa shape index (κ3) is 40.4. The van der Waals surface area contributed by atoms with Gasteiger partial charge in [0.1, 0.15) is 0 Å². The van der Waals surface area contributed by atoms with Crippen LogP contribution in [0.1, 0.15) is 212 Å². The van der Waals surface area contributed by atoms with Crippen molar-refractivity contribution in [2.45, 2.75) is 212 Å². The number of hydrogen-bond acceptors (Lipinski definition) is 1. The molecule has 1 aliphatic rings. The minimum Gasteiger partial charge on any atom is -0.165 e. The fourth-order valence-electron chi connectivity index (χ4n) is 4.94. The van der Waals surface area contributed by atoms with E-state index in [2.05, 4.69) is 82.4 Å². The van der Waals surface area contributed by atoms with E-state index in [0.29, 0.717) is 0 Å². The Balaban J connectivity index is -0.000000229. The Labute approximate surface area is 270 Å². The summed E-state index contributed by atoms with van der Waals surface area (Å²) in [6.45, 7) is 29.3. The second kappa shape index (κ2) is 40.4. The third-order valence-electron chi connectivity index (χ3n) is 9.22. The van der Waals surface area contributed by atoms with Crippen molar-refractivity contribution < 1.29 is 0 Å². The van der Waals surface area contributed by atoms with Gasteiger partial charge in [0.15, 0.2) is 0 Å². The molecule has 0 nitrogen and oxygen atoms in total. The van der Waals surface area contributed by atoms with Crippen LogP contribution in [0.4, 0.5) is 0 Å². The predicted molar refractivity (Wildman–Crippen MR) is 201 cm³/mol. The summed E-state index contributed by atoms with van der Waals surface area (Å²) in [5, 5.41) is 0. The minimum atomic E-state index is 0.852. The van der Waals surface area contributed by atoms with Crippen molar-refractivity contribution in [1.82, 2.24) is 0 Å². The Kier molecular flexibility index (Phi) is 47.5. The molecule has 1 aliphatic carbocycles. The molecule has 0 spiro atoms. The Morgan fingerprint density at radius 3 is 1.34 bits per heavy atom. The van der Waals surface area contributed by atoms with E-state index in [9.17, 15) is 0 Å². The van der Waals surface area contributed by atoms with Crippen molar-refractivity contribution in [1.29, 1.82) is 0 Å². The van der Waals surface area contributed by atoms with Crippen LogP contribution >= 0.6 is 11.8 Å². The SMILES string of the molecule is CC.CC(C)C(C)C.CCCCCCC.CCCCCCC1CCC(C)C1C.CCCCCCCC(C)CCSC. The molecule has 41 heavy (non-hydrogen) atoms. The van der Waals surface area contributed by atoms with Gasteiger partial charge in [-0.15, -0.1) is 0 Å². The van der Waals surface area contributed by atoms with Crippen LogP contribution in [0.25, 0.3) is 0 Å². The highest BCUT2D eigenvalue weighted by Crippen LogP contribution is 2.39. The molecule has 4 unspecified atom stereocenters. The van der Waals surface area contributed by atoms with Gasteiger partial charge in [0, 0.05) is 0 Å². The van der Waals surface area contributed by atoms with Gasteiger partial charge in [-0.3, -0.25) is 0 Å². The summed E-state index contributed by atoms with van der Waals surface area (Å²) in [5.74, 6) is 7.06. The maximum atomic E-state index is 2.46. The van der Waals surface area contributed by atoms with Crippen molar-refractivity contribution in [3.05, 3.63) is 0 Å². The smallest absolute Gasteiger partial charge is 0.00678 e. The van der Waals surface area contributed by atoms with E-state index in [-0.39, 0.29) is 0 Å². The van der Waals surface area contributed by atoms with E-state index in [1.165, 1.54) is 128 Å². The highest BCUT2D eigenvalue weighted by molar-refractivity contribution is 7.98. The van der Waals surface area contributed by atoms with Gasteiger partial charge in [-0.05, 0) is 60.4 Å². The maximum absolute atomic E-state index is 2.46. The second-order valence-electron chi connectivity index (χ2n) is 13.7. The molecule has 0 amide bonds. The first-order valence-electron chi connectivity index (χ1n) is 19.1. The Bertz CT molecular complexity index is 405. The Morgan fingerprint density at radius 1 is 0.561 bits per heavy atom. The number of thioether (sulfide) groups is 1. The van der Waals surface area contributed by atoms with Gasteiger partial charge in [0.25, 0.3) is 0 Å². The van der Waals surface area contributed by atoms with Crippen LogP contribution in [0.2, 0.25) is 0 Å². The van der Waals surface area contributed by atoms with Gasteiger partial charge in [-0.25, -0.2) is 0 Å². The van der Waals surface area contributed by atoms with Crippen LogP contribution in [0.15, 0.2) is 0 Å². The summed E-state index contributed by atoms with van der Waals surface area (Å²) in [6.07, 6.45) is 29.5. The molecule has 0 aromatic rings. The third-order valence-corrected chi connectivity index (χ3v) is 9.86. The van der Waals surface area contributed by atoms with Crippen molar-refractivity contribution in [2.24, 2.45) is 35.5 Å². The summed E-state index contributed by atoms with van der Waals surface area (Å²) in [4.78, 5) is 0. The lowest BCUT2D eigenvalue weighted by Crippen LogP contribution is -2.08. The molecule has 1 fully saturated rings. The quantitative estimate of drug-likeness (QED) is 0.133. The average molecular weight is 601 g/mol. The summed E-state index contributed by atoms with van der Waals surface area (Å²) >= 11 is 1.98. The molecule has 0 heterocycles. The van der Waals surface area contributed by atoms with E-state index < -0.39 is 0 Å². The molecule has 0 saturated heterocycles. The van der Waals surface area contributed by atoms with Gasteiger partial charge in [-0.2, -0.15) is 11.8 Å². The van der Waals surface area contributed by atoms with E-state index in [0.717, 1.165) is 35.5 Å². The molecule has 4 atom stereocenters. The van der Waals surface area contributed by atoms with Gasteiger partial charge < -0.3 is 0 Å². The molecular weight excluding hydrogens is 513 g/mol. The lowest BCUT2D eigenvalue weighted by molar-refractivity contribution is 0.330. The zero-order chi connectivity index (χ0) is 32.3. The summed E-state index contributed by atoms with van der Waals surface area (Å²) in [7, 11) is 0. The molecule has 0 aliphatic heterocycles. The van der Waals surface area contributed by atoms with Crippen LogP contribution in [0.5, 0.6) is 0 Å². The first-order chi connectivity index (χ1) is 19.6. The van der Waals surface area contributed by atoms with E-state index >= 15 is 0 Å². The zero-order valence-electron chi connectivity index (χ0n) is 32.0. The fraction of sp³-hybridized carbons (Fsp3) is 1.00. The molecule has 0 radical (unpaired) electrons. The normalized spacial score (nSPS) is 18.3. The van der Waals surface area contributed by atoms with Gasteiger partial charge >= 0.3 is 0 Å². The van der Waals surface area contributed by atoms with Crippen molar-refractivity contribution in [3.8, 4) is 0 Å². The van der Waals surface area contributed by atoms with Crippen LogP contribution < -0.4 is 0 Å². The highest BCUT2D eigenvalue weighted by Gasteiger charge is 2.28. The molecule has 0 N–H and O–H groups in total. The molecule has 1 rings (SSSR count). The van der Waals surface area contributed by atoms with Crippen LogP contribution in [0.3, 0.4) is 0 Å². The van der Waals surface area contributed by atoms with E-state index in [1.54, 1.807) is 0 Å². The first-order valence-corrected chi connectivity index (χ1v) is 20.5. The largest absolute Gasteiger partial charge is 0.165 e. The number of rotatable bonds is 19. The molecule has 0 aromatic heterocycles. The maximum Gasteiger partial charge on any atom is -0.00678 e. The lowest BCUT2D eigenvalue weighted by atomic mass is 9.88. The number of unbranched alkanes of at least 4 members (excludes halogenated alkanes) is 11. The van der Waals surface area contributed by atoms with Crippen LogP contribution in [0, 0.1) is 35.5 Å². The van der Waals surface area contributed by atoms with Gasteiger partial charge in [0.05, 0.1) is 0 Å². The number of hydrogen-bond donors (Lipinski definition) is 0. The van der Waals surface area contributed by atoms with E-state index in [4.69, 9.17) is 0 Å². The van der Waals surface area contributed by atoms with Gasteiger partial charge in [-0.1, -0.05) is 199 Å².